The largest absolute Gasteiger partial charge is 0.497 e. The number of hydrogen-bond acceptors (Lipinski definition) is 5. The molecule has 1 heterocycles. The van der Waals surface area contributed by atoms with Crippen molar-refractivity contribution in [2.24, 2.45) is 17.6 Å². The Morgan fingerprint density at radius 2 is 1.82 bits per heavy atom. The molecule has 7 heteroatoms. The molecule has 7 nitrogen and oxygen atoms in total. The zero-order valence-corrected chi connectivity index (χ0v) is 17.2. The monoisotopic (exact) mass is 390 g/mol. The SMILES string of the molecule is COc1ccc(CN2CCC(CNC(=O)CNC(=O)[C@@H](N)C(C)C)CC2)cc1. The minimum absolute atomic E-state index is 0.0183. The highest BCUT2D eigenvalue weighted by atomic mass is 16.5. The van der Waals surface area contributed by atoms with Crippen molar-refractivity contribution < 1.29 is 14.3 Å². The van der Waals surface area contributed by atoms with Crippen molar-refractivity contribution >= 4 is 11.8 Å². The van der Waals surface area contributed by atoms with Gasteiger partial charge in [0.05, 0.1) is 19.7 Å². The van der Waals surface area contributed by atoms with Gasteiger partial charge < -0.3 is 21.1 Å². The van der Waals surface area contributed by atoms with Crippen LogP contribution in [-0.4, -0.2) is 56.0 Å². The van der Waals surface area contributed by atoms with Crippen molar-refractivity contribution in [2.45, 2.75) is 39.3 Å². The molecular weight excluding hydrogens is 356 g/mol. The van der Waals surface area contributed by atoms with Crippen LogP contribution in [0.5, 0.6) is 5.75 Å². The Bertz CT molecular complexity index is 625. The zero-order chi connectivity index (χ0) is 20.5. The smallest absolute Gasteiger partial charge is 0.239 e. The molecule has 1 saturated heterocycles. The fourth-order valence-corrected chi connectivity index (χ4v) is 3.25. The Morgan fingerprint density at radius 3 is 2.39 bits per heavy atom. The van der Waals surface area contributed by atoms with E-state index in [1.165, 1.54) is 5.56 Å². The number of hydrogen-bond donors (Lipinski definition) is 3. The molecule has 0 spiro atoms. The number of rotatable bonds is 9. The summed E-state index contributed by atoms with van der Waals surface area (Å²) in [6.07, 6.45) is 2.11. The Kier molecular flexibility index (Phi) is 8.73. The van der Waals surface area contributed by atoms with Crippen molar-refractivity contribution in [3.05, 3.63) is 29.8 Å². The van der Waals surface area contributed by atoms with Gasteiger partial charge in [0.15, 0.2) is 0 Å². The molecule has 0 saturated carbocycles. The summed E-state index contributed by atoms with van der Waals surface area (Å²) in [6.45, 7) is 7.37. The Balaban J connectivity index is 1.62. The van der Waals surface area contributed by atoms with E-state index in [1.807, 2.05) is 26.0 Å². The lowest BCUT2D eigenvalue weighted by atomic mass is 9.96. The van der Waals surface area contributed by atoms with E-state index in [2.05, 4.69) is 27.7 Å². The molecule has 0 aromatic heterocycles. The van der Waals surface area contributed by atoms with E-state index in [0.717, 1.165) is 38.2 Å². The number of nitrogens with zero attached hydrogens (tertiary/aromatic N) is 1. The summed E-state index contributed by atoms with van der Waals surface area (Å²) in [5.41, 5.74) is 7.05. The number of nitrogens with two attached hydrogens (primary N) is 1. The van der Waals surface area contributed by atoms with Crippen LogP contribution in [0.1, 0.15) is 32.3 Å². The number of carbonyl (C=O) groups excluding carboxylic acids is 2. The van der Waals surface area contributed by atoms with E-state index >= 15 is 0 Å². The molecule has 2 amide bonds. The first kappa shape index (κ1) is 22.2. The fourth-order valence-electron chi connectivity index (χ4n) is 3.25. The van der Waals surface area contributed by atoms with E-state index in [-0.39, 0.29) is 24.3 Å². The topological polar surface area (TPSA) is 96.7 Å². The first-order valence-electron chi connectivity index (χ1n) is 10.0. The number of ether oxygens (including phenoxy) is 1. The maximum absolute atomic E-state index is 12.0. The quantitative estimate of drug-likeness (QED) is 0.587. The molecule has 0 unspecified atom stereocenters. The number of piperidine rings is 1. The van der Waals surface area contributed by atoms with Gasteiger partial charge in [-0.25, -0.2) is 0 Å². The van der Waals surface area contributed by atoms with Crippen LogP contribution < -0.4 is 21.1 Å². The second-order valence-electron chi connectivity index (χ2n) is 7.86. The standard InChI is InChI=1S/C21H34N4O3/c1-15(2)20(22)21(27)24-13-19(26)23-12-16-8-10-25(11-9-16)14-17-4-6-18(28-3)7-5-17/h4-7,15-16,20H,8-14,22H2,1-3H3,(H,23,26)(H,24,27)/t20-/m0/s1. The van der Waals surface area contributed by atoms with Crippen LogP contribution in [0.3, 0.4) is 0 Å². The van der Waals surface area contributed by atoms with Crippen LogP contribution in [0, 0.1) is 11.8 Å². The lowest BCUT2D eigenvalue weighted by molar-refractivity contribution is -0.127. The van der Waals surface area contributed by atoms with Crippen LogP contribution in [-0.2, 0) is 16.1 Å². The van der Waals surface area contributed by atoms with Gasteiger partial charge in [-0.1, -0.05) is 26.0 Å². The molecule has 2 rings (SSSR count). The number of carbonyl (C=O) groups is 2. The molecule has 1 fully saturated rings. The van der Waals surface area contributed by atoms with Gasteiger partial charge in [0.1, 0.15) is 5.75 Å². The molecular formula is C21H34N4O3. The number of methoxy groups -OCH3 is 1. The van der Waals surface area contributed by atoms with Crippen molar-refractivity contribution in [1.29, 1.82) is 0 Å². The number of amides is 2. The van der Waals surface area contributed by atoms with Gasteiger partial charge in [-0.2, -0.15) is 0 Å². The summed E-state index contributed by atoms with van der Waals surface area (Å²) in [5, 5.41) is 5.53. The second-order valence-corrected chi connectivity index (χ2v) is 7.86. The van der Waals surface area contributed by atoms with E-state index < -0.39 is 6.04 Å². The molecule has 156 valence electrons. The van der Waals surface area contributed by atoms with Crippen LogP contribution in [0.25, 0.3) is 0 Å². The third-order valence-corrected chi connectivity index (χ3v) is 5.30. The number of likely N-dealkylation sites (tertiary alicyclic amines) is 1. The van der Waals surface area contributed by atoms with Crippen molar-refractivity contribution in [2.75, 3.05) is 33.3 Å². The van der Waals surface area contributed by atoms with Crippen LogP contribution in [0.2, 0.25) is 0 Å². The molecule has 1 aliphatic rings. The van der Waals surface area contributed by atoms with Gasteiger partial charge in [0, 0.05) is 13.1 Å². The van der Waals surface area contributed by atoms with Crippen molar-refractivity contribution in [3.8, 4) is 5.75 Å². The van der Waals surface area contributed by atoms with Crippen LogP contribution >= 0.6 is 0 Å². The minimum Gasteiger partial charge on any atom is -0.497 e. The van der Waals surface area contributed by atoms with Gasteiger partial charge in [-0.15, -0.1) is 0 Å². The lowest BCUT2D eigenvalue weighted by Crippen LogP contribution is -2.47. The molecule has 1 atom stereocenters. The molecule has 1 aromatic rings. The number of benzene rings is 1. The molecule has 4 N–H and O–H groups in total. The van der Waals surface area contributed by atoms with Gasteiger partial charge in [-0.3, -0.25) is 14.5 Å². The summed E-state index contributed by atoms with van der Waals surface area (Å²) >= 11 is 0. The van der Waals surface area contributed by atoms with Crippen molar-refractivity contribution in [3.63, 3.8) is 0 Å². The first-order chi connectivity index (χ1) is 13.4. The average molecular weight is 391 g/mol. The van der Waals surface area contributed by atoms with E-state index in [9.17, 15) is 9.59 Å². The highest BCUT2D eigenvalue weighted by Crippen LogP contribution is 2.19. The second kappa shape index (κ2) is 11.0. The highest BCUT2D eigenvalue weighted by molar-refractivity contribution is 5.87. The molecule has 1 aromatic carbocycles. The molecule has 0 aliphatic carbocycles. The molecule has 28 heavy (non-hydrogen) atoms. The van der Waals surface area contributed by atoms with E-state index in [0.29, 0.717) is 12.5 Å². The summed E-state index contributed by atoms with van der Waals surface area (Å²) in [6, 6.07) is 7.60. The first-order valence-corrected chi connectivity index (χ1v) is 10.0. The highest BCUT2D eigenvalue weighted by Gasteiger charge is 2.21. The predicted octanol–water partition coefficient (Wildman–Crippen LogP) is 1.12. The normalized spacial score (nSPS) is 16.6. The Morgan fingerprint density at radius 1 is 1.18 bits per heavy atom. The van der Waals surface area contributed by atoms with Gasteiger partial charge in [0.2, 0.25) is 11.8 Å². The lowest BCUT2D eigenvalue weighted by Gasteiger charge is -2.32. The Hall–Kier alpha value is -2.12. The Labute approximate surface area is 168 Å². The maximum atomic E-state index is 12.0. The summed E-state index contributed by atoms with van der Waals surface area (Å²) in [7, 11) is 1.67. The number of nitrogens with one attached hydrogen (secondary N) is 2. The van der Waals surface area contributed by atoms with Crippen LogP contribution in [0.15, 0.2) is 24.3 Å². The van der Waals surface area contributed by atoms with E-state index in [1.54, 1.807) is 7.11 Å². The molecule has 0 radical (unpaired) electrons. The maximum Gasteiger partial charge on any atom is 0.239 e. The fraction of sp³-hybridized carbons (Fsp3) is 0.619. The van der Waals surface area contributed by atoms with Gasteiger partial charge in [0.25, 0.3) is 0 Å². The predicted molar refractivity (Wildman–Crippen MR) is 110 cm³/mol. The van der Waals surface area contributed by atoms with Crippen LogP contribution in [0.4, 0.5) is 0 Å². The molecule has 0 bridgehead atoms. The molecule has 1 aliphatic heterocycles. The average Bonchev–Trinajstić information content (AvgIpc) is 2.71. The minimum atomic E-state index is -0.581. The van der Waals surface area contributed by atoms with Gasteiger partial charge >= 0.3 is 0 Å². The summed E-state index contributed by atoms with van der Waals surface area (Å²) in [4.78, 5) is 26.2. The summed E-state index contributed by atoms with van der Waals surface area (Å²) in [5.74, 6) is 0.957. The van der Waals surface area contributed by atoms with Crippen molar-refractivity contribution in [1.82, 2.24) is 15.5 Å². The van der Waals surface area contributed by atoms with Gasteiger partial charge in [-0.05, 0) is 55.5 Å². The van der Waals surface area contributed by atoms with E-state index in [4.69, 9.17) is 10.5 Å². The third-order valence-electron chi connectivity index (χ3n) is 5.30. The zero-order valence-electron chi connectivity index (χ0n) is 17.2. The summed E-state index contributed by atoms with van der Waals surface area (Å²) < 4.78 is 5.19. The third kappa shape index (κ3) is 7.13.